The molecule has 1 aromatic carbocycles. The lowest BCUT2D eigenvalue weighted by atomic mass is 9.88. The Kier molecular flexibility index (Phi) is 6.52. The largest absolute Gasteiger partial charge is 0.344 e. The van der Waals surface area contributed by atoms with Crippen LogP contribution in [0.25, 0.3) is 0 Å². The number of aryl methyl sites for hydroxylation is 2. The van der Waals surface area contributed by atoms with Crippen molar-refractivity contribution >= 4 is 23.2 Å². The van der Waals surface area contributed by atoms with E-state index < -0.39 is 0 Å². The molecule has 0 spiro atoms. The number of fused-ring (bicyclic) bond motifs is 1. The molecule has 1 fully saturated rings. The summed E-state index contributed by atoms with van der Waals surface area (Å²) in [6.07, 6.45) is 6.28. The van der Waals surface area contributed by atoms with Crippen LogP contribution in [0.3, 0.4) is 0 Å². The van der Waals surface area contributed by atoms with Crippen LogP contribution in [0.15, 0.2) is 35.7 Å². The van der Waals surface area contributed by atoms with E-state index in [4.69, 9.17) is 0 Å². The van der Waals surface area contributed by atoms with Crippen LogP contribution in [0.5, 0.6) is 0 Å². The van der Waals surface area contributed by atoms with Gasteiger partial charge in [0.25, 0.3) is 0 Å². The van der Waals surface area contributed by atoms with Gasteiger partial charge in [0.05, 0.1) is 6.04 Å². The van der Waals surface area contributed by atoms with Crippen LogP contribution in [0, 0.1) is 11.3 Å². The number of thiophene rings is 1. The number of benzene rings is 1. The Morgan fingerprint density at radius 1 is 1.06 bits per heavy atom. The van der Waals surface area contributed by atoms with Crippen LogP contribution in [0.2, 0.25) is 0 Å². The summed E-state index contributed by atoms with van der Waals surface area (Å²) in [5.74, 6) is 0.250. The fourth-order valence-electron chi connectivity index (χ4n) is 4.79. The van der Waals surface area contributed by atoms with Crippen molar-refractivity contribution in [1.82, 2.24) is 10.2 Å². The van der Waals surface area contributed by atoms with Crippen molar-refractivity contribution in [2.45, 2.75) is 65.3 Å². The van der Waals surface area contributed by atoms with E-state index in [0.29, 0.717) is 13.1 Å². The predicted octanol–water partition coefficient (Wildman–Crippen LogP) is 5.12. The zero-order valence-corrected chi connectivity index (χ0v) is 19.8. The molecule has 5 heteroatoms. The molecule has 4 rings (SSSR count). The number of nitrogens with zero attached hydrogens (tertiary/aromatic N) is 1. The first kappa shape index (κ1) is 22.1. The molecule has 1 aliphatic heterocycles. The van der Waals surface area contributed by atoms with Gasteiger partial charge in [0, 0.05) is 29.3 Å². The normalized spacial score (nSPS) is 18.4. The molecule has 0 bridgehead atoms. The van der Waals surface area contributed by atoms with Crippen LogP contribution in [0.4, 0.5) is 0 Å². The van der Waals surface area contributed by atoms with Crippen molar-refractivity contribution < 1.29 is 9.59 Å². The minimum Gasteiger partial charge on any atom is -0.344 e. The van der Waals surface area contributed by atoms with E-state index in [2.05, 4.69) is 35.0 Å². The fraction of sp³-hybridized carbons (Fsp3) is 0.538. The average molecular weight is 439 g/mol. The standard InChI is InChI=1S/C26H34N2O2S/c1-26(2,3)25(30)28-14-12-19(13-15-28)24(29)27-23(22-9-6-16-31-22)21-11-10-18-7-4-5-8-20(18)17-21/h6,9-11,16-17,19,23H,4-5,7-8,12-15H2,1-3H3,(H,27,29)/t23-/m1/s1. The van der Waals surface area contributed by atoms with E-state index in [0.717, 1.165) is 25.7 Å². The molecule has 4 nitrogen and oxygen atoms in total. The monoisotopic (exact) mass is 438 g/mol. The first-order valence-electron chi connectivity index (χ1n) is 11.6. The van der Waals surface area contributed by atoms with Crippen molar-refractivity contribution in [2.24, 2.45) is 11.3 Å². The van der Waals surface area contributed by atoms with E-state index in [9.17, 15) is 9.59 Å². The Balaban J connectivity index is 1.46. The molecular formula is C26H34N2O2S. The Morgan fingerprint density at radius 2 is 1.77 bits per heavy atom. The molecule has 31 heavy (non-hydrogen) atoms. The van der Waals surface area contributed by atoms with E-state index in [1.165, 1.54) is 34.4 Å². The number of amides is 2. The third-order valence-electron chi connectivity index (χ3n) is 6.61. The van der Waals surface area contributed by atoms with Gasteiger partial charge in [0.15, 0.2) is 0 Å². The van der Waals surface area contributed by atoms with Crippen molar-refractivity contribution in [3.63, 3.8) is 0 Å². The van der Waals surface area contributed by atoms with Gasteiger partial charge >= 0.3 is 0 Å². The number of nitrogens with one attached hydrogen (secondary N) is 1. The van der Waals surface area contributed by atoms with Crippen LogP contribution < -0.4 is 5.32 Å². The van der Waals surface area contributed by atoms with Gasteiger partial charge in [-0.15, -0.1) is 11.3 Å². The number of carbonyl (C=O) groups is 2. The molecule has 2 aliphatic rings. The minimum absolute atomic E-state index is 0.0379. The molecular weight excluding hydrogens is 404 g/mol. The first-order valence-corrected chi connectivity index (χ1v) is 12.5. The van der Waals surface area contributed by atoms with Crippen LogP contribution in [-0.2, 0) is 22.4 Å². The summed E-state index contributed by atoms with van der Waals surface area (Å²) in [6.45, 7) is 7.20. The number of hydrogen-bond acceptors (Lipinski definition) is 3. The second-order valence-electron chi connectivity index (χ2n) is 10.0. The third kappa shape index (κ3) is 5.03. The Morgan fingerprint density at radius 3 is 2.42 bits per heavy atom. The average Bonchev–Trinajstić information content (AvgIpc) is 3.30. The second kappa shape index (κ2) is 9.15. The quantitative estimate of drug-likeness (QED) is 0.720. The van der Waals surface area contributed by atoms with Crippen molar-refractivity contribution in [3.8, 4) is 0 Å². The van der Waals surface area contributed by atoms with Crippen LogP contribution in [0.1, 0.15) is 74.1 Å². The van der Waals surface area contributed by atoms with Gasteiger partial charge < -0.3 is 10.2 Å². The highest BCUT2D eigenvalue weighted by Gasteiger charge is 2.33. The van der Waals surface area contributed by atoms with Gasteiger partial charge in [0.2, 0.25) is 11.8 Å². The van der Waals surface area contributed by atoms with Gasteiger partial charge in [-0.2, -0.15) is 0 Å². The van der Waals surface area contributed by atoms with Gasteiger partial charge in [-0.3, -0.25) is 9.59 Å². The van der Waals surface area contributed by atoms with Crippen LogP contribution in [-0.4, -0.2) is 29.8 Å². The number of likely N-dealkylation sites (tertiary alicyclic amines) is 1. The van der Waals surface area contributed by atoms with E-state index >= 15 is 0 Å². The zero-order chi connectivity index (χ0) is 22.0. The lowest BCUT2D eigenvalue weighted by Crippen LogP contribution is -2.47. The lowest BCUT2D eigenvalue weighted by molar-refractivity contribution is -0.142. The van der Waals surface area contributed by atoms with Crippen LogP contribution >= 0.6 is 11.3 Å². The van der Waals surface area contributed by atoms with Crippen molar-refractivity contribution in [3.05, 3.63) is 57.3 Å². The van der Waals surface area contributed by atoms with E-state index in [1.54, 1.807) is 11.3 Å². The molecule has 1 aromatic heterocycles. The number of hydrogen-bond donors (Lipinski definition) is 1. The maximum absolute atomic E-state index is 13.2. The fourth-order valence-corrected chi connectivity index (χ4v) is 5.59. The highest BCUT2D eigenvalue weighted by atomic mass is 32.1. The third-order valence-corrected chi connectivity index (χ3v) is 7.55. The molecule has 1 aliphatic carbocycles. The maximum atomic E-state index is 13.2. The minimum atomic E-state index is -0.369. The molecule has 166 valence electrons. The topological polar surface area (TPSA) is 49.4 Å². The summed E-state index contributed by atoms with van der Waals surface area (Å²) in [6, 6.07) is 10.8. The SMILES string of the molecule is CC(C)(C)C(=O)N1CCC(C(=O)N[C@H](c2ccc3c(c2)CCCC3)c2cccs2)CC1. The van der Waals surface area contributed by atoms with E-state index in [-0.39, 0.29) is 29.2 Å². The van der Waals surface area contributed by atoms with Gasteiger partial charge in [-0.25, -0.2) is 0 Å². The molecule has 1 atom stereocenters. The highest BCUT2D eigenvalue weighted by Crippen LogP contribution is 2.31. The Labute approximate surface area is 190 Å². The smallest absolute Gasteiger partial charge is 0.227 e. The van der Waals surface area contributed by atoms with Gasteiger partial charge in [0.1, 0.15) is 0 Å². The highest BCUT2D eigenvalue weighted by molar-refractivity contribution is 7.10. The summed E-state index contributed by atoms with van der Waals surface area (Å²) in [5.41, 5.74) is 3.71. The summed E-state index contributed by atoms with van der Waals surface area (Å²) < 4.78 is 0. The summed E-state index contributed by atoms with van der Waals surface area (Å²) in [5, 5.41) is 5.43. The molecule has 2 aromatic rings. The molecule has 0 unspecified atom stereocenters. The number of rotatable bonds is 4. The summed E-state index contributed by atoms with van der Waals surface area (Å²) in [7, 11) is 0. The number of carbonyl (C=O) groups excluding carboxylic acids is 2. The summed E-state index contributed by atoms with van der Waals surface area (Å²) in [4.78, 5) is 28.9. The summed E-state index contributed by atoms with van der Waals surface area (Å²) >= 11 is 1.69. The molecule has 0 saturated carbocycles. The molecule has 1 N–H and O–H groups in total. The number of piperidine rings is 1. The Bertz CT molecular complexity index is 921. The lowest BCUT2D eigenvalue weighted by Gasteiger charge is -2.35. The first-order chi connectivity index (χ1) is 14.8. The predicted molar refractivity (Wildman–Crippen MR) is 126 cm³/mol. The molecule has 2 heterocycles. The van der Waals surface area contributed by atoms with E-state index in [1.807, 2.05) is 31.7 Å². The van der Waals surface area contributed by atoms with Crippen molar-refractivity contribution in [1.29, 1.82) is 0 Å². The molecule has 2 amide bonds. The Hall–Kier alpha value is -2.14. The molecule has 0 radical (unpaired) electrons. The second-order valence-corrected chi connectivity index (χ2v) is 11.0. The van der Waals surface area contributed by atoms with Gasteiger partial charge in [-0.05, 0) is 66.7 Å². The van der Waals surface area contributed by atoms with Crippen molar-refractivity contribution in [2.75, 3.05) is 13.1 Å². The zero-order valence-electron chi connectivity index (χ0n) is 18.9. The maximum Gasteiger partial charge on any atom is 0.227 e. The molecule has 1 saturated heterocycles. The van der Waals surface area contributed by atoms with Gasteiger partial charge in [-0.1, -0.05) is 45.0 Å².